The number of hydrogen-bond acceptors (Lipinski definition) is 4. The minimum absolute atomic E-state index is 0.123. The van der Waals surface area contributed by atoms with Gasteiger partial charge >= 0.3 is 0 Å². The highest BCUT2D eigenvalue weighted by Crippen LogP contribution is 2.35. The molecule has 0 spiro atoms. The molecule has 138 valence electrons. The Morgan fingerprint density at radius 1 is 1.12 bits per heavy atom. The van der Waals surface area contributed by atoms with Crippen LogP contribution in [0.1, 0.15) is 33.3 Å². The molecule has 0 saturated heterocycles. The number of benzene rings is 1. The third-order valence-electron chi connectivity index (χ3n) is 3.12. The molecule has 0 aliphatic heterocycles. The summed E-state index contributed by atoms with van der Waals surface area (Å²) in [6.45, 7) is 7.96. The number of thiocarbonyl (C=S) groups is 1. The molecule has 26 heavy (non-hydrogen) atoms. The number of halogens is 2. The minimum Gasteiger partial charge on any atom is -0.454 e. The zero-order valence-electron chi connectivity index (χ0n) is 14.9. The molecule has 1 heterocycles. The van der Waals surface area contributed by atoms with Crippen LogP contribution >= 0.6 is 35.4 Å². The van der Waals surface area contributed by atoms with E-state index in [1.807, 2.05) is 52.0 Å². The van der Waals surface area contributed by atoms with Crippen LogP contribution in [-0.2, 0) is 0 Å². The summed E-state index contributed by atoms with van der Waals surface area (Å²) in [4.78, 5) is 3.90. The zero-order chi connectivity index (χ0) is 19.3. The van der Waals surface area contributed by atoms with Gasteiger partial charge in [0.25, 0.3) is 0 Å². The van der Waals surface area contributed by atoms with Gasteiger partial charge in [-0.25, -0.2) is 0 Å². The molecule has 0 saturated carbocycles. The van der Waals surface area contributed by atoms with Gasteiger partial charge < -0.3 is 10.1 Å². The van der Waals surface area contributed by atoms with Crippen LogP contribution in [-0.4, -0.2) is 21.3 Å². The van der Waals surface area contributed by atoms with E-state index in [-0.39, 0.29) is 5.54 Å². The molecule has 0 fully saturated rings. The summed E-state index contributed by atoms with van der Waals surface area (Å²) in [6, 6.07) is 7.40. The molecule has 0 atom stereocenters. The first-order valence-electron chi connectivity index (χ1n) is 7.85. The second kappa shape index (κ2) is 8.66. The van der Waals surface area contributed by atoms with Crippen LogP contribution in [0.4, 0.5) is 0 Å². The summed E-state index contributed by atoms with van der Waals surface area (Å²) >= 11 is 17.3. The maximum Gasteiger partial charge on any atom is 0.187 e. The predicted octanol–water partition coefficient (Wildman–Crippen LogP) is 5.17. The first kappa shape index (κ1) is 20.4. The molecular formula is C18H20Cl2N4OS. The second-order valence-electron chi connectivity index (χ2n) is 6.57. The lowest BCUT2D eigenvalue weighted by Gasteiger charge is -2.21. The Labute approximate surface area is 168 Å². The SMILES string of the molecule is CC(=NNC(=S)NC(C)(C)C)c1ccc(Oc2c(Cl)cncc2Cl)cc1. The van der Waals surface area contributed by atoms with Crippen molar-refractivity contribution >= 4 is 46.2 Å². The van der Waals surface area contributed by atoms with Crippen LogP contribution in [0, 0.1) is 0 Å². The third-order valence-corrected chi connectivity index (χ3v) is 3.85. The zero-order valence-corrected chi connectivity index (χ0v) is 17.3. The van der Waals surface area contributed by atoms with E-state index in [0.717, 1.165) is 11.3 Å². The molecule has 5 nitrogen and oxygen atoms in total. The highest BCUT2D eigenvalue weighted by atomic mass is 35.5. The molecule has 1 aromatic heterocycles. The second-order valence-corrected chi connectivity index (χ2v) is 7.79. The molecule has 0 amide bonds. The van der Waals surface area contributed by atoms with Gasteiger partial charge in [0.15, 0.2) is 10.9 Å². The van der Waals surface area contributed by atoms with Gasteiger partial charge in [0.2, 0.25) is 0 Å². The number of ether oxygens (including phenoxy) is 1. The lowest BCUT2D eigenvalue weighted by atomic mass is 10.1. The fraction of sp³-hybridized carbons (Fsp3) is 0.278. The number of hydrazone groups is 1. The topological polar surface area (TPSA) is 58.5 Å². The van der Waals surface area contributed by atoms with Crippen molar-refractivity contribution in [2.75, 3.05) is 0 Å². The van der Waals surface area contributed by atoms with Gasteiger partial charge in [-0.3, -0.25) is 10.4 Å². The van der Waals surface area contributed by atoms with Crippen molar-refractivity contribution in [1.82, 2.24) is 15.7 Å². The average molecular weight is 411 g/mol. The molecule has 0 radical (unpaired) electrons. The number of nitrogens with zero attached hydrogens (tertiary/aromatic N) is 2. The van der Waals surface area contributed by atoms with E-state index in [0.29, 0.717) is 26.7 Å². The van der Waals surface area contributed by atoms with Crippen molar-refractivity contribution in [2.24, 2.45) is 5.10 Å². The van der Waals surface area contributed by atoms with Gasteiger partial charge in [0.05, 0.1) is 5.71 Å². The molecule has 8 heteroatoms. The van der Waals surface area contributed by atoms with Crippen LogP contribution < -0.4 is 15.5 Å². The summed E-state index contributed by atoms with van der Waals surface area (Å²) in [5.74, 6) is 0.983. The van der Waals surface area contributed by atoms with E-state index >= 15 is 0 Å². The lowest BCUT2D eigenvalue weighted by Crippen LogP contribution is -2.44. The fourth-order valence-electron chi connectivity index (χ4n) is 1.95. The van der Waals surface area contributed by atoms with Crippen molar-refractivity contribution in [3.63, 3.8) is 0 Å². The van der Waals surface area contributed by atoms with Gasteiger partial charge in [-0.05, 0) is 69.7 Å². The fourth-order valence-corrected chi connectivity index (χ4v) is 2.74. The number of rotatable bonds is 4. The van der Waals surface area contributed by atoms with Crippen molar-refractivity contribution in [1.29, 1.82) is 0 Å². The number of nitrogens with one attached hydrogen (secondary N) is 2. The van der Waals surface area contributed by atoms with Gasteiger partial charge in [-0.1, -0.05) is 23.2 Å². The Bertz CT molecular complexity index is 797. The van der Waals surface area contributed by atoms with E-state index in [4.69, 9.17) is 40.2 Å². The monoisotopic (exact) mass is 410 g/mol. The Hall–Kier alpha value is -1.89. The number of hydrogen-bond donors (Lipinski definition) is 2. The quantitative estimate of drug-likeness (QED) is 0.413. The van der Waals surface area contributed by atoms with Crippen molar-refractivity contribution < 1.29 is 4.74 Å². The first-order valence-corrected chi connectivity index (χ1v) is 9.02. The maximum atomic E-state index is 6.06. The van der Waals surface area contributed by atoms with Crippen molar-refractivity contribution in [2.45, 2.75) is 33.2 Å². The maximum absolute atomic E-state index is 6.06. The van der Waals surface area contributed by atoms with Gasteiger partial charge in [-0.2, -0.15) is 5.10 Å². The summed E-state index contributed by atoms with van der Waals surface area (Å²) in [5, 5.41) is 8.60. The summed E-state index contributed by atoms with van der Waals surface area (Å²) in [6.07, 6.45) is 2.96. The molecule has 0 aliphatic carbocycles. The Kier molecular flexibility index (Phi) is 6.81. The van der Waals surface area contributed by atoms with Gasteiger partial charge in [0.1, 0.15) is 15.8 Å². The summed E-state index contributed by atoms with van der Waals surface area (Å²) in [7, 11) is 0. The van der Waals surface area contributed by atoms with E-state index in [9.17, 15) is 0 Å². The van der Waals surface area contributed by atoms with Crippen LogP contribution in [0.2, 0.25) is 10.0 Å². The Morgan fingerprint density at radius 2 is 1.69 bits per heavy atom. The van der Waals surface area contributed by atoms with E-state index in [2.05, 4.69) is 20.8 Å². The van der Waals surface area contributed by atoms with E-state index < -0.39 is 0 Å². The molecule has 1 aromatic carbocycles. The van der Waals surface area contributed by atoms with Crippen LogP contribution in [0.15, 0.2) is 41.8 Å². The average Bonchev–Trinajstić information content (AvgIpc) is 2.55. The number of pyridine rings is 1. The molecule has 2 rings (SSSR count). The van der Waals surface area contributed by atoms with Crippen LogP contribution in [0.3, 0.4) is 0 Å². The van der Waals surface area contributed by atoms with Crippen molar-refractivity contribution in [3.8, 4) is 11.5 Å². The van der Waals surface area contributed by atoms with Crippen LogP contribution in [0.25, 0.3) is 0 Å². The molecule has 0 unspecified atom stereocenters. The largest absolute Gasteiger partial charge is 0.454 e. The third kappa shape index (κ3) is 6.12. The first-order chi connectivity index (χ1) is 12.2. The summed E-state index contributed by atoms with van der Waals surface area (Å²) < 4.78 is 5.74. The Balaban J connectivity index is 2.04. The Morgan fingerprint density at radius 3 is 2.23 bits per heavy atom. The highest BCUT2D eigenvalue weighted by Gasteiger charge is 2.11. The minimum atomic E-state index is -0.123. The molecule has 0 aliphatic rings. The smallest absolute Gasteiger partial charge is 0.187 e. The van der Waals surface area contributed by atoms with E-state index in [1.165, 1.54) is 12.4 Å². The number of aromatic nitrogens is 1. The van der Waals surface area contributed by atoms with Gasteiger partial charge in [0, 0.05) is 17.9 Å². The van der Waals surface area contributed by atoms with Gasteiger partial charge in [-0.15, -0.1) is 0 Å². The van der Waals surface area contributed by atoms with Crippen LogP contribution in [0.5, 0.6) is 11.5 Å². The van der Waals surface area contributed by atoms with E-state index in [1.54, 1.807) is 0 Å². The normalized spacial score (nSPS) is 11.8. The molecular weight excluding hydrogens is 391 g/mol. The predicted molar refractivity (Wildman–Crippen MR) is 112 cm³/mol. The standard InChI is InChI=1S/C18H20Cl2N4OS/c1-11(23-24-17(26)22-18(2,3)4)12-5-7-13(8-6-12)25-16-14(19)9-21-10-15(16)20/h5-10H,1-4H3,(H2,22,24,26). The molecule has 2 aromatic rings. The highest BCUT2D eigenvalue weighted by molar-refractivity contribution is 7.80. The molecule has 2 N–H and O–H groups in total. The summed E-state index contributed by atoms with van der Waals surface area (Å²) in [5.41, 5.74) is 4.43. The lowest BCUT2D eigenvalue weighted by molar-refractivity contribution is 0.482. The molecule has 0 bridgehead atoms. The van der Waals surface area contributed by atoms with Crippen molar-refractivity contribution in [3.05, 3.63) is 52.3 Å².